The summed E-state index contributed by atoms with van der Waals surface area (Å²) in [7, 11) is 1.74. The minimum absolute atomic E-state index is 0.103. The molecule has 0 aliphatic rings. The normalized spacial score (nSPS) is 17.9. The van der Waals surface area contributed by atoms with E-state index in [4.69, 9.17) is 5.11 Å². The second-order valence-electron chi connectivity index (χ2n) is 4.69. The van der Waals surface area contributed by atoms with Crippen molar-refractivity contribution in [3.05, 3.63) is 0 Å². The van der Waals surface area contributed by atoms with Crippen LogP contribution in [0.4, 0.5) is 0 Å². The molecule has 0 saturated carbocycles. The predicted octanol–water partition coefficient (Wildman–Crippen LogP) is 1.19. The topological polar surface area (TPSA) is 60.8 Å². The number of carboxylic acids is 1. The molecule has 0 aromatic heterocycles. The Balaban J connectivity index is 4.46. The molecule has 2 atom stereocenters. The smallest absolute Gasteiger partial charge is 0.320 e. The van der Waals surface area contributed by atoms with Gasteiger partial charge in [0.2, 0.25) is 0 Å². The van der Waals surface area contributed by atoms with E-state index in [1.807, 2.05) is 20.8 Å². The molecule has 0 fully saturated rings. The number of carbonyl (C=O) groups is 1. The van der Waals surface area contributed by atoms with Crippen LogP contribution in [0, 0.1) is 5.92 Å². The Hall–Kier alpha value is -0.610. The number of aliphatic carboxylic acids is 1. The highest BCUT2D eigenvalue weighted by atomic mass is 16.4. The van der Waals surface area contributed by atoms with Gasteiger partial charge in [0, 0.05) is 6.54 Å². The zero-order valence-corrected chi connectivity index (χ0v) is 10.3. The lowest BCUT2D eigenvalue weighted by Gasteiger charge is -2.34. The minimum atomic E-state index is -0.850. The van der Waals surface area contributed by atoms with Gasteiger partial charge >= 0.3 is 5.97 Å². The van der Waals surface area contributed by atoms with E-state index in [1.54, 1.807) is 18.9 Å². The zero-order valence-electron chi connectivity index (χ0n) is 10.3. The summed E-state index contributed by atoms with van der Waals surface area (Å²) in [5.41, 5.74) is -0.850. The Morgan fingerprint density at radius 3 is 2.20 bits per heavy atom. The van der Waals surface area contributed by atoms with Crippen molar-refractivity contribution in [1.82, 2.24) is 4.90 Å². The molecule has 2 N–H and O–H groups in total. The van der Waals surface area contributed by atoms with Gasteiger partial charge in [-0.05, 0) is 26.3 Å². The van der Waals surface area contributed by atoms with Crippen molar-refractivity contribution in [3.63, 3.8) is 0 Å². The first-order valence-electron chi connectivity index (χ1n) is 5.37. The fourth-order valence-corrected chi connectivity index (χ4v) is 1.47. The van der Waals surface area contributed by atoms with Crippen LogP contribution in [0.3, 0.4) is 0 Å². The molecule has 4 nitrogen and oxygen atoms in total. The lowest BCUT2D eigenvalue weighted by Crippen LogP contribution is -2.48. The molecule has 2 unspecified atom stereocenters. The first-order valence-corrected chi connectivity index (χ1v) is 5.37. The van der Waals surface area contributed by atoms with E-state index in [2.05, 4.69) is 0 Å². The molecule has 90 valence electrons. The van der Waals surface area contributed by atoms with Crippen LogP contribution in [0.25, 0.3) is 0 Å². The largest absolute Gasteiger partial charge is 0.480 e. The van der Waals surface area contributed by atoms with Gasteiger partial charge in [-0.3, -0.25) is 9.69 Å². The van der Waals surface area contributed by atoms with Gasteiger partial charge in [-0.1, -0.05) is 20.8 Å². The van der Waals surface area contributed by atoms with E-state index in [1.165, 1.54) is 0 Å². The number of aliphatic hydroxyl groups is 1. The van der Waals surface area contributed by atoms with Gasteiger partial charge in [-0.15, -0.1) is 0 Å². The van der Waals surface area contributed by atoms with Gasteiger partial charge in [0.1, 0.15) is 6.04 Å². The van der Waals surface area contributed by atoms with Gasteiger partial charge in [-0.25, -0.2) is 0 Å². The zero-order chi connectivity index (χ0) is 12.2. The average molecular weight is 217 g/mol. The molecule has 15 heavy (non-hydrogen) atoms. The van der Waals surface area contributed by atoms with E-state index in [0.717, 1.165) is 0 Å². The fraction of sp³-hybridized carbons (Fsp3) is 0.909. The van der Waals surface area contributed by atoms with Crippen LogP contribution in [0.1, 0.15) is 34.1 Å². The molecule has 0 aliphatic heterocycles. The van der Waals surface area contributed by atoms with Gasteiger partial charge in [0.05, 0.1) is 5.60 Å². The first-order chi connectivity index (χ1) is 6.72. The summed E-state index contributed by atoms with van der Waals surface area (Å²) in [5.74, 6) is -0.731. The van der Waals surface area contributed by atoms with Crippen LogP contribution in [0.15, 0.2) is 0 Å². The van der Waals surface area contributed by atoms with Crippen molar-refractivity contribution in [3.8, 4) is 0 Å². The SMILES string of the molecule is CCC(C(=O)O)N(C)CC(C)(O)C(C)C. The third kappa shape index (κ3) is 4.18. The molecular weight excluding hydrogens is 194 g/mol. The number of nitrogens with zero attached hydrogens (tertiary/aromatic N) is 1. The van der Waals surface area contributed by atoms with Crippen LogP contribution in [0.5, 0.6) is 0 Å². The second-order valence-corrected chi connectivity index (χ2v) is 4.69. The van der Waals surface area contributed by atoms with Crippen LogP contribution in [-0.4, -0.2) is 46.3 Å². The van der Waals surface area contributed by atoms with Crippen LogP contribution in [-0.2, 0) is 4.79 Å². The van der Waals surface area contributed by atoms with Crippen molar-refractivity contribution in [2.24, 2.45) is 5.92 Å². The van der Waals surface area contributed by atoms with Crippen molar-refractivity contribution < 1.29 is 15.0 Å². The maximum Gasteiger partial charge on any atom is 0.320 e. The summed E-state index contributed by atoms with van der Waals surface area (Å²) in [4.78, 5) is 12.6. The highest BCUT2D eigenvalue weighted by Gasteiger charge is 2.30. The van der Waals surface area contributed by atoms with E-state index in [9.17, 15) is 9.90 Å². The van der Waals surface area contributed by atoms with Crippen LogP contribution < -0.4 is 0 Å². The van der Waals surface area contributed by atoms with E-state index in [0.29, 0.717) is 13.0 Å². The molecule has 4 heteroatoms. The first kappa shape index (κ1) is 14.4. The van der Waals surface area contributed by atoms with E-state index in [-0.39, 0.29) is 5.92 Å². The van der Waals surface area contributed by atoms with Crippen LogP contribution in [0.2, 0.25) is 0 Å². The van der Waals surface area contributed by atoms with Crippen molar-refractivity contribution in [1.29, 1.82) is 0 Å². The molecule has 0 heterocycles. The highest BCUT2D eigenvalue weighted by Crippen LogP contribution is 2.18. The monoisotopic (exact) mass is 217 g/mol. The molecule has 0 aromatic carbocycles. The Morgan fingerprint density at radius 2 is 1.93 bits per heavy atom. The summed E-state index contributed by atoms with van der Waals surface area (Å²) < 4.78 is 0. The summed E-state index contributed by atoms with van der Waals surface area (Å²) in [6.07, 6.45) is 0.542. The highest BCUT2D eigenvalue weighted by molar-refractivity contribution is 5.73. The third-order valence-electron chi connectivity index (χ3n) is 3.02. The Morgan fingerprint density at radius 1 is 1.47 bits per heavy atom. The molecule has 0 amide bonds. The van der Waals surface area contributed by atoms with Gasteiger partial charge in [0.15, 0.2) is 0 Å². The molecule has 0 saturated heterocycles. The molecule has 0 aromatic rings. The number of carboxylic acid groups (broad SMARTS) is 1. The Kier molecular flexibility index (Phi) is 5.24. The minimum Gasteiger partial charge on any atom is -0.480 e. The predicted molar refractivity (Wildman–Crippen MR) is 59.8 cm³/mol. The summed E-state index contributed by atoms with van der Waals surface area (Å²) in [5, 5.41) is 19.0. The molecule has 0 rings (SSSR count). The number of hydrogen-bond acceptors (Lipinski definition) is 3. The standard InChI is InChI=1S/C11H23NO3/c1-6-9(10(13)14)12(5)7-11(4,15)8(2)3/h8-9,15H,6-7H2,1-5H3,(H,13,14). The Labute approximate surface area is 91.9 Å². The lowest BCUT2D eigenvalue weighted by atomic mass is 9.91. The quantitative estimate of drug-likeness (QED) is 0.701. The van der Waals surface area contributed by atoms with Crippen molar-refractivity contribution in [2.75, 3.05) is 13.6 Å². The average Bonchev–Trinajstić information content (AvgIpc) is 2.02. The third-order valence-corrected chi connectivity index (χ3v) is 3.02. The molecule has 0 aliphatic carbocycles. The molecule has 0 bridgehead atoms. The van der Waals surface area contributed by atoms with Gasteiger partial charge in [0.25, 0.3) is 0 Å². The van der Waals surface area contributed by atoms with Gasteiger partial charge < -0.3 is 10.2 Å². The summed E-state index contributed by atoms with van der Waals surface area (Å²) >= 11 is 0. The number of hydrogen-bond donors (Lipinski definition) is 2. The maximum absolute atomic E-state index is 10.9. The maximum atomic E-state index is 10.9. The van der Waals surface area contributed by atoms with Gasteiger partial charge in [-0.2, -0.15) is 0 Å². The van der Waals surface area contributed by atoms with Crippen molar-refractivity contribution in [2.45, 2.75) is 45.8 Å². The number of likely N-dealkylation sites (N-methyl/N-ethyl adjacent to an activating group) is 1. The molecule has 0 radical (unpaired) electrons. The second kappa shape index (κ2) is 5.47. The molecule has 0 spiro atoms. The lowest BCUT2D eigenvalue weighted by molar-refractivity contribution is -0.144. The number of rotatable bonds is 6. The van der Waals surface area contributed by atoms with E-state index >= 15 is 0 Å². The summed E-state index contributed by atoms with van der Waals surface area (Å²) in [6, 6.07) is -0.518. The fourth-order valence-electron chi connectivity index (χ4n) is 1.47. The van der Waals surface area contributed by atoms with E-state index < -0.39 is 17.6 Å². The van der Waals surface area contributed by atoms with Crippen LogP contribution >= 0.6 is 0 Å². The summed E-state index contributed by atoms with van der Waals surface area (Å²) in [6.45, 7) is 7.79. The Bertz CT molecular complexity index is 214. The van der Waals surface area contributed by atoms with Crippen molar-refractivity contribution >= 4 is 5.97 Å². The molecular formula is C11H23NO3.